The smallest absolute Gasteiger partial charge is 0.273 e. The summed E-state index contributed by atoms with van der Waals surface area (Å²) in [5.74, 6) is 1.23. The lowest BCUT2D eigenvalue weighted by Crippen LogP contribution is -2.48. The molecule has 2 aliphatic heterocycles. The third-order valence-electron chi connectivity index (χ3n) is 6.90. The van der Waals surface area contributed by atoms with Gasteiger partial charge in [0.25, 0.3) is 5.91 Å². The van der Waals surface area contributed by atoms with Crippen molar-refractivity contribution in [1.82, 2.24) is 24.8 Å². The number of carbonyl (C=O) groups excluding carboxylic acids is 2. The number of amides is 2. The molecule has 2 amide bonds. The average molecular weight is 474 g/mol. The van der Waals surface area contributed by atoms with Crippen molar-refractivity contribution in [1.29, 1.82) is 0 Å². The van der Waals surface area contributed by atoms with Crippen LogP contribution in [0.15, 0.2) is 36.5 Å². The first-order chi connectivity index (χ1) is 16.8. The molecule has 1 atom stereocenters. The molecule has 9 nitrogen and oxygen atoms in total. The fourth-order valence-electron chi connectivity index (χ4n) is 4.73. The van der Waals surface area contributed by atoms with Crippen molar-refractivity contribution in [3.05, 3.63) is 53.3 Å². The largest absolute Gasteiger partial charge is 0.363 e. The minimum absolute atomic E-state index is 0.0378. The van der Waals surface area contributed by atoms with Crippen LogP contribution in [-0.2, 0) is 11.3 Å². The topological polar surface area (TPSA) is 94.6 Å². The lowest BCUT2D eigenvalue weighted by molar-refractivity contribution is -0.129. The van der Waals surface area contributed by atoms with Gasteiger partial charge < -0.3 is 20.0 Å². The molecular weight excluding hydrogens is 442 g/mol. The Hall–Kier alpha value is -3.75. The van der Waals surface area contributed by atoms with Crippen molar-refractivity contribution < 1.29 is 9.59 Å². The van der Waals surface area contributed by atoms with Gasteiger partial charge in [0, 0.05) is 62.3 Å². The Morgan fingerprint density at radius 2 is 1.83 bits per heavy atom. The molecule has 4 heterocycles. The van der Waals surface area contributed by atoms with E-state index in [-0.39, 0.29) is 23.9 Å². The van der Waals surface area contributed by atoms with Crippen molar-refractivity contribution in [3.63, 3.8) is 0 Å². The molecule has 3 aromatic rings. The van der Waals surface area contributed by atoms with Gasteiger partial charge in [-0.25, -0.2) is 4.98 Å². The Morgan fingerprint density at radius 3 is 2.54 bits per heavy atom. The molecule has 0 unspecified atom stereocenters. The third-order valence-corrected chi connectivity index (χ3v) is 6.90. The number of fused-ring (bicyclic) bond motifs is 2. The second kappa shape index (κ2) is 9.13. The van der Waals surface area contributed by atoms with E-state index in [4.69, 9.17) is 9.97 Å². The SMILES string of the molecule is CC(=O)N1CCN(c2nc(N[C@@H](C)c3ccc4ncccc4c3)c3c(n2)C(=O)N(C(C)C)C3)CC1. The lowest BCUT2D eigenvalue weighted by Gasteiger charge is -2.34. The average Bonchev–Trinajstić information content (AvgIpc) is 3.20. The van der Waals surface area contributed by atoms with Crippen LogP contribution in [0.25, 0.3) is 10.9 Å². The molecule has 2 aromatic heterocycles. The van der Waals surface area contributed by atoms with Crippen molar-refractivity contribution >= 4 is 34.5 Å². The highest BCUT2D eigenvalue weighted by molar-refractivity contribution is 5.98. The number of benzene rings is 1. The van der Waals surface area contributed by atoms with Crippen molar-refractivity contribution in [2.75, 3.05) is 36.4 Å². The minimum atomic E-state index is -0.0616. The highest BCUT2D eigenvalue weighted by Crippen LogP contribution is 2.33. The van der Waals surface area contributed by atoms with Gasteiger partial charge in [-0.3, -0.25) is 14.6 Å². The number of carbonyl (C=O) groups is 2. The Morgan fingerprint density at radius 1 is 1.06 bits per heavy atom. The molecule has 1 saturated heterocycles. The fourth-order valence-corrected chi connectivity index (χ4v) is 4.73. The normalized spacial score (nSPS) is 16.7. The Kier molecular flexibility index (Phi) is 6.00. The molecule has 182 valence electrons. The monoisotopic (exact) mass is 473 g/mol. The second-order valence-electron chi connectivity index (χ2n) is 9.54. The Labute approximate surface area is 205 Å². The van der Waals surface area contributed by atoms with Gasteiger partial charge >= 0.3 is 0 Å². The van der Waals surface area contributed by atoms with E-state index in [2.05, 4.69) is 40.3 Å². The molecule has 1 fully saturated rings. The number of hydrogen-bond donors (Lipinski definition) is 1. The Balaban J connectivity index is 1.47. The summed E-state index contributed by atoms with van der Waals surface area (Å²) < 4.78 is 0. The molecule has 5 rings (SSSR count). The first-order valence-corrected chi connectivity index (χ1v) is 12.2. The lowest BCUT2D eigenvalue weighted by atomic mass is 10.1. The van der Waals surface area contributed by atoms with E-state index < -0.39 is 0 Å². The van der Waals surface area contributed by atoms with E-state index in [9.17, 15) is 9.59 Å². The van der Waals surface area contributed by atoms with Crippen LogP contribution in [0.2, 0.25) is 0 Å². The van der Waals surface area contributed by atoms with Crippen LogP contribution in [-0.4, -0.2) is 68.8 Å². The number of hydrogen-bond acceptors (Lipinski definition) is 7. The van der Waals surface area contributed by atoms with Crippen LogP contribution in [0.1, 0.15) is 55.4 Å². The molecule has 0 radical (unpaired) electrons. The summed E-state index contributed by atoms with van der Waals surface area (Å²) in [7, 11) is 0. The van der Waals surface area contributed by atoms with Crippen LogP contribution >= 0.6 is 0 Å². The van der Waals surface area contributed by atoms with Crippen molar-refractivity contribution in [2.24, 2.45) is 0 Å². The standard InChI is InChI=1S/C26H31N7O2/c1-16(2)33-15-21-23(25(33)35)29-26(32-12-10-31(11-13-32)18(4)34)30-24(21)28-17(3)19-7-8-22-20(14-19)6-5-9-27-22/h5-9,14,16-17H,10-13,15H2,1-4H3,(H,28,29,30)/t17-/m0/s1. The number of piperazine rings is 1. The second-order valence-corrected chi connectivity index (χ2v) is 9.54. The van der Waals surface area contributed by atoms with Gasteiger partial charge in [0.15, 0.2) is 0 Å². The molecular formula is C26H31N7O2. The van der Waals surface area contributed by atoms with Gasteiger partial charge in [0.2, 0.25) is 11.9 Å². The number of nitrogens with zero attached hydrogens (tertiary/aromatic N) is 6. The molecule has 1 aromatic carbocycles. The predicted molar refractivity (Wildman–Crippen MR) is 135 cm³/mol. The van der Waals surface area contributed by atoms with Crippen LogP contribution in [0, 0.1) is 0 Å². The third kappa shape index (κ3) is 4.38. The van der Waals surface area contributed by atoms with Gasteiger partial charge in [-0.2, -0.15) is 4.98 Å². The maximum absolute atomic E-state index is 13.2. The van der Waals surface area contributed by atoms with Crippen LogP contribution < -0.4 is 10.2 Å². The maximum Gasteiger partial charge on any atom is 0.273 e. The van der Waals surface area contributed by atoms with E-state index in [1.807, 2.05) is 35.8 Å². The maximum atomic E-state index is 13.2. The summed E-state index contributed by atoms with van der Waals surface area (Å²) in [4.78, 5) is 44.7. The van der Waals surface area contributed by atoms with E-state index in [1.165, 1.54) is 0 Å². The van der Waals surface area contributed by atoms with Gasteiger partial charge in [-0.15, -0.1) is 0 Å². The highest BCUT2D eigenvalue weighted by Gasteiger charge is 2.35. The first kappa shape index (κ1) is 23.0. The van der Waals surface area contributed by atoms with Crippen molar-refractivity contribution in [3.8, 4) is 0 Å². The number of nitrogens with one attached hydrogen (secondary N) is 1. The van der Waals surface area contributed by atoms with Crippen molar-refractivity contribution in [2.45, 2.75) is 46.3 Å². The van der Waals surface area contributed by atoms with Gasteiger partial charge in [0.1, 0.15) is 11.5 Å². The fraction of sp³-hybridized carbons (Fsp3) is 0.423. The molecule has 0 spiro atoms. The molecule has 2 aliphatic rings. The van der Waals surface area contributed by atoms with Gasteiger partial charge in [0.05, 0.1) is 12.1 Å². The van der Waals surface area contributed by atoms with Crippen LogP contribution in [0.4, 0.5) is 11.8 Å². The zero-order chi connectivity index (χ0) is 24.7. The van der Waals surface area contributed by atoms with E-state index in [0.29, 0.717) is 50.2 Å². The zero-order valence-electron chi connectivity index (χ0n) is 20.7. The summed E-state index contributed by atoms with van der Waals surface area (Å²) in [5, 5.41) is 4.65. The number of anilines is 2. The van der Waals surface area contributed by atoms with E-state index in [0.717, 1.165) is 22.0 Å². The summed E-state index contributed by atoms with van der Waals surface area (Å²) in [5.41, 5.74) is 3.37. The zero-order valence-corrected chi connectivity index (χ0v) is 20.7. The summed E-state index contributed by atoms with van der Waals surface area (Å²) in [6, 6.07) is 10.3. The van der Waals surface area contributed by atoms with Crippen LogP contribution in [0.5, 0.6) is 0 Å². The molecule has 0 aliphatic carbocycles. The molecule has 1 N–H and O–H groups in total. The summed E-state index contributed by atoms with van der Waals surface area (Å²) in [6.45, 7) is 10.7. The quantitative estimate of drug-likeness (QED) is 0.608. The molecule has 0 bridgehead atoms. The molecule has 0 saturated carbocycles. The molecule has 35 heavy (non-hydrogen) atoms. The minimum Gasteiger partial charge on any atom is -0.363 e. The number of aromatic nitrogens is 3. The van der Waals surface area contributed by atoms with Gasteiger partial charge in [-0.05, 0) is 44.5 Å². The summed E-state index contributed by atoms with van der Waals surface area (Å²) >= 11 is 0. The Bertz CT molecular complexity index is 1280. The number of rotatable bonds is 5. The summed E-state index contributed by atoms with van der Waals surface area (Å²) in [6.07, 6.45) is 1.79. The predicted octanol–water partition coefficient (Wildman–Crippen LogP) is 3.23. The first-order valence-electron chi connectivity index (χ1n) is 12.2. The van der Waals surface area contributed by atoms with E-state index in [1.54, 1.807) is 13.1 Å². The van der Waals surface area contributed by atoms with Gasteiger partial charge in [-0.1, -0.05) is 12.1 Å². The molecule has 9 heteroatoms. The van der Waals surface area contributed by atoms with E-state index >= 15 is 0 Å². The van der Waals surface area contributed by atoms with Crippen LogP contribution in [0.3, 0.4) is 0 Å². The number of pyridine rings is 1. The highest BCUT2D eigenvalue weighted by atomic mass is 16.2.